The molecule has 0 radical (unpaired) electrons. The van der Waals surface area contributed by atoms with Gasteiger partial charge in [0.05, 0.1) is 0 Å². The molecular weight excluding hydrogens is 335 g/mol. The third-order valence-electron chi connectivity index (χ3n) is 3.04. The van der Waals surface area contributed by atoms with E-state index in [0.717, 1.165) is 11.1 Å². The highest BCUT2D eigenvalue weighted by Crippen LogP contribution is 2.22. The van der Waals surface area contributed by atoms with Crippen LogP contribution in [-0.2, 0) is 16.1 Å². The van der Waals surface area contributed by atoms with Crippen molar-refractivity contribution in [2.45, 2.75) is 19.9 Å². The second kappa shape index (κ2) is 7.99. The van der Waals surface area contributed by atoms with Crippen LogP contribution in [0.25, 0.3) is 0 Å². The Labute approximate surface area is 144 Å². The maximum Gasteiger partial charge on any atom is 0.233 e. The minimum absolute atomic E-state index is 0.268. The van der Waals surface area contributed by atoms with E-state index in [-0.39, 0.29) is 12.3 Å². The largest absolute Gasteiger partial charge is 0.352 e. The molecule has 0 saturated heterocycles. The summed E-state index contributed by atoms with van der Waals surface area (Å²) in [5.74, 6) is -0.776. The van der Waals surface area contributed by atoms with Crippen molar-refractivity contribution >= 4 is 40.7 Å². The molecule has 0 bridgehead atoms. The molecule has 6 heteroatoms. The van der Waals surface area contributed by atoms with E-state index in [4.69, 9.17) is 23.2 Å². The highest BCUT2D eigenvalue weighted by Gasteiger charge is 2.10. The number of halogens is 2. The fourth-order valence-electron chi connectivity index (χ4n) is 2.06. The van der Waals surface area contributed by atoms with Crippen LogP contribution in [0.5, 0.6) is 0 Å². The van der Waals surface area contributed by atoms with Crippen LogP contribution in [0.15, 0.2) is 42.5 Å². The molecule has 0 spiro atoms. The van der Waals surface area contributed by atoms with Crippen molar-refractivity contribution in [1.82, 2.24) is 5.32 Å². The van der Waals surface area contributed by atoms with Crippen molar-refractivity contribution in [3.63, 3.8) is 0 Å². The molecule has 2 aromatic carbocycles. The van der Waals surface area contributed by atoms with E-state index in [1.54, 1.807) is 18.2 Å². The van der Waals surface area contributed by atoms with Gasteiger partial charge in [-0.1, -0.05) is 53.0 Å². The molecule has 0 aliphatic heterocycles. The molecule has 120 valence electrons. The Hall–Kier alpha value is -2.04. The number of rotatable bonds is 5. The molecule has 0 aromatic heterocycles. The van der Waals surface area contributed by atoms with E-state index in [2.05, 4.69) is 10.6 Å². The zero-order valence-electron chi connectivity index (χ0n) is 12.5. The third-order valence-corrected chi connectivity index (χ3v) is 3.48. The predicted molar refractivity (Wildman–Crippen MR) is 92.7 cm³/mol. The Balaban J connectivity index is 1.83. The Morgan fingerprint density at radius 3 is 2.35 bits per heavy atom. The zero-order chi connectivity index (χ0) is 16.8. The molecule has 0 unspecified atom stereocenters. The van der Waals surface area contributed by atoms with Crippen LogP contribution < -0.4 is 10.6 Å². The summed E-state index contributed by atoms with van der Waals surface area (Å²) in [6.07, 6.45) is -0.268. The van der Waals surface area contributed by atoms with E-state index in [1.807, 2.05) is 31.2 Å². The van der Waals surface area contributed by atoms with Crippen LogP contribution in [0.2, 0.25) is 10.0 Å². The summed E-state index contributed by atoms with van der Waals surface area (Å²) >= 11 is 11.7. The van der Waals surface area contributed by atoms with Crippen molar-refractivity contribution in [1.29, 1.82) is 0 Å². The van der Waals surface area contributed by atoms with Crippen LogP contribution in [0, 0.1) is 6.92 Å². The summed E-state index contributed by atoms with van der Waals surface area (Å²) in [4.78, 5) is 23.7. The van der Waals surface area contributed by atoms with Gasteiger partial charge in [-0.3, -0.25) is 9.59 Å². The van der Waals surface area contributed by atoms with Gasteiger partial charge in [-0.05, 0) is 30.7 Å². The summed E-state index contributed by atoms with van der Waals surface area (Å²) in [5.41, 5.74) is 2.56. The van der Waals surface area contributed by atoms with Gasteiger partial charge in [0, 0.05) is 22.3 Å². The van der Waals surface area contributed by atoms with Crippen LogP contribution >= 0.6 is 23.2 Å². The monoisotopic (exact) mass is 350 g/mol. The SMILES string of the molecule is Cc1cccc(CNC(=O)CC(=O)Nc2cc(Cl)cc(Cl)c2)c1. The summed E-state index contributed by atoms with van der Waals surface area (Å²) in [6.45, 7) is 2.37. The maximum absolute atomic E-state index is 11.9. The minimum Gasteiger partial charge on any atom is -0.352 e. The van der Waals surface area contributed by atoms with Gasteiger partial charge in [0.25, 0.3) is 0 Å². The van der Waals surface area contributed by atoms with Crippen molar-refractivity contribution in [3.05, 3.63) is 63.6 Å². The quantitative estimate of drug-likeness (QED) is 0.802. The zero-order valence-corrected chi connectivity index (χ0v) is 14.0. The van der Waals surface area contributed by atoms with Crippen molar-refractivity contribution in [3.8, 4) is 0 Å². The molecule has 0 atom stereocenters. The summed E-state index contributed by atoms with van der Waals surface area (Å²) in [5, 5.41) is 6.13. The fraction of sp³-hybridized carbons (Fsp3) is 0.176. The van der Waals surface area contributed by atoms with Gasteiger partial charge in [0.15, 0.2) is 0 Å². The standard InChI is InChI=1S/C17H16Cl2N2O2/c1-11-3-2-4-12(5-11)10-20-16(22)9-17(23)21-15-7-13(18)6-14(19)8-15/h2-8H,9-10H2,1H3,(H,20,22)(H,21,23). The summed E-state index contributed by atoms with van der Waals surface area (Å²) in [7, 11) is 0. The van der Waals surface area contributed by atoms with Gasteiger partial charge < -0.3 is 10.6 Å². The van der Waals surface area contributed by atoms with Gasteiger partial charge >= 0.3 is 0 Å². The molecule has 0 aliphatic rings. The lowest BCUT2D eigenvalue weighted by Crippen LogP contribution is -2.27. The molecule has 0 fully saturated rings. The van der Waals surface area contributed by atoms with E-state index < -0.39 is 5.91 Å². The molecule has 2 aromatic rings. The number of amides is 2. The molecule has 0 aliphatic carbocycles. The first kappa shape index (κ1) is 17.3. The van der Waals surface area contributed by atoms with E-state index in [1.165, 1.54) is 0 Å². The Morgan fingerprint density at radius 2 is 1.70 bits per heavy atom. The Kier molecular flexibility index (Phi) is 6.02. The van der Waals surface area contributed by atoms with E-state index in [9.17, 15) is 9.59 Å². The summed E-state index contributed by atoms with van der Waals surface area (Å²) < 4.78 is 0. The molecule has 0 saturated carbocycles. The van der Waals surface area contributed by atoms with Crippen LogP contribution in [-0.4, -0.2) is 11.8 Å². The first-order chi connectivity index (χ1) is 10.9. The number of anilines is 1. The highest BCUT2D eigenvalue weighted by atomic mass is 35.5. The maximum atomic E-state index is 11.9. The molecular formula is C17H16Cl2N2O2. The molecule has 2 rings (SSSR count). The second-order valence-corrected chi connectivity index (χ2v) is 6.02. The average molecular weight is 351 g/mol. The average Bonchev–Trinajstić information content (AvgIpc) is 2.44. The van der Waals surface area contributed by atoms with Crippen molar-refractivity contribution in [2.24, 2.45) is 0 Å². The Morgan fingerprint density at radius 1 is 1.00 bits per heavy atom. The van der Waals surface area contributed by atoms with Gasteiger partial charge in [-0.25, -0.2) is 0 Å². The smallest absolute Gasteiger partial charge is 0.233 e. The number of hydrogen-bond acceptors (Lipinski definition) is 2. The Bertz CT molecular complexity index is 712. The lowest BCUT2D eigenvalue weighted by atomic mass is 10.1. The topological polar surface area (TPSA) is 58.2 Å². The van der Waals surface area contributed by atoms with Gasteiger partial charge in [-0.2, -0.15) is 0 Å². The number of aryl methyl sites for hydroxylation is 1. The van der Waals surface area contributed by atoms with Gasteiger partial charge in [-0.15, -0.1) is 0 Å². The van der Waals surface area contributed by atoms with Crippen LogP contribution in [0.1, 0.15) is 17.5 Å². The fourth-order valence-corrected chi connectivity index (χ4v) is 2.59. The highest BCUT2D eigenvalue weighted by molar-refractivity contribution is 6.35. The normalized spacial score (nSPS) is 10.2. The molecule has 2 N–H and O–H groups in total. The summed E-state index contributed by atoms with van der Waals surface area (Å²) in [6, 6.07) is 12.5. The second-order valence-electron chi connectivity index (χ2n) is 5.15. The lowest BCUT2D eigenvalue weighted by Gasteiger charge is -2.08. The van der Waals surface area contributed by atoms with Crippen molar-refractivity contribution < 1.29 is 9.59 Å². The molecule has 2 amide bonds. The van der Waals surface area contributed by atoms with E-state index >= 15 is 0 Å². The van der Waals surface area contributed by atoms with Crippen LogP contribution in [0.4, 0.5) is 5.69 Å². The predicted octanol–water partition coefficient (Wildman–Crippen LogP) is 3.95. The number of carbonyl (C=O) groups is 2. The van der Waals surface area contributed by atoms with Gasteiger partial charge in [0.2, 0.25) is 11.8 Å². The first-order valence-electron chi connectivity index (χ1n) is 7.00. The number of carbonyl (C=O) groups excluding carboxylic acids is 2. The molecule has 23 heavy (non-hydrogen) atoms. The van der Waals surface area contributed by atoms with Crippen molar-refractivity contribution in [2.75, 3.05) is 5.32 Å². The minimum atomic E-state index is -0.426. The number of benzene rings is 2. The third kappa shape index (κ3) is 5.93. The first-order valence-corrected chi connectivity index (χ1v) is 7.76. The number of hydrogen-bond donors (Lipinski definition) is 2. The molecule has 0 heterocycles. The molecule has 4 nitrogen and oxygen atoms in total. The van der Waals surface area contributed by atoms with Gasteiger partial charge in [0.1, 0.15) is 6.42 Å². The van der Waals surface area contributed by atoms with E-state index in [0.29, 0.717) is 22.3 Å². The van der Waals surface area contributed by atoms with Crippen LogP contribution in [0.3, 0.4) is 0 Å². The lowest BCUT2D eigenvalue weighted by molar-refractivity contribution is -0.126. The number of nitrogens with one attached hydrogen (secondary N) is 2.